The SMILES string of the molecule is COCC(C)CNC(=O)c1cnccc1NN. The molecule has 0 aliphatic rings. The number of hydrogen-bond donors (Lipinski definition) is 3. The highest BCUT2D eigenvalue weighted by molar-refractivity contribution is 5.99. The van der Waals surface area contributed by atoms with Gasteiger partial charge in [-0.3, -0.25) is 15.6 Å². The van der Waals surface area contributed by atoms with E-state index in [-0.39, 0.29) is 11.8 Å². The van der Waals surface area contributed by atoms with Crippen LogP contribution in [-0.2, 0) is 4.74 Å². The van der Waals surface area contributed by atoms with Crippen molar-refractivity contribution >= 4 is 11.6 Å². The number of ether oxygens (including phenoxy) is 1. The Kier molecular flexibility index (Phi) is 5.38. The number of hydrogen-bond acceptors (Lipinski definition) is 5. The molecule has 0 radical (unpaired) electrons. The van der Waals surface area contributed by atoms with Crippen LogP contribution in [-0.4, -0.2) is 31.2 Å². The van der Waals surface area contributed by atoms with E-state index in [4.69, 9.17) is 10.6 Å². The third kappa shape index (κ3) is 4.01. The predicted molar refractivity (Wildman–Crippen MR) is 65.4 cm³/mol. The Morgan fingerprint density at radius 3 is 3.06 bits per heavy atom. The molecule has 1 amide bonds. The lowest BCUT2D eigenvalue weighted by Gasteiger charge is -2.12. The fraction of sp³-hybridized carbons (Fsp3) is 0.455. The van der Waals surface area contributed by atoms with Crippen LogP contribution in [0, 0.1) is 5.92 Å². The molecule has 4 N–H and O–H groups in total. The number of pyridine rings is 1. The normalized spacial score (nSPS) is 11.9. The molecule has 0 aliphatic heterocycles. The van der Waals surface area contributed by atoms with Crippen LogP contribution in [0.4, 0.5) is 5.69 Å². The van der Waals surface area contributed by atoms with Crippen molar-refractivity contribution < 1.29 is 9.53 Å². The first-order valence-corrected chi connectivity index (χ1v) is 5.36. The number of nitrogens with zero attached hydrogens (tertiary/aromatic N) is 1. The van der Waals surface area contributed by atoms with Gasteiger partial charge in [0, 0.05) is 26.0 Å². The first-order chi connectivity index (χ1) is 8.19. The highest BCUT2D eigenvalue weighted by Crippen LogP contribution is 2.11. The molecule has 1 aromatic heterocycles. The Labute approximate surface area is 101 Å². The average molecular weight is 238 g/mol. The van der Waals surface area contributed by atoms with Gasteiger partial charge in [0.15, 0.2) is 0 Å². The van der Waals surface area contributed by atoms with Crippen LogP contribution in [0.1, 0.15) is 17.3 Å². The number of nitrogen functional groups attached to an aromatic ring is 1. The maximum absolute atomic E-state index is 11.8. The predicted octanol–water partition coefficient (Wildman–Crippen LogP) is 0.380. The molecule has 0 fully saturated rings. The Morgan fingerprint density at radius 2 is 2.41 bits per heavy atom. The average Bonchev–Trinajstić information content (AvgIpc) is 2.36. The number of anilines is 1. The van der Waals surface area contributed by atoms with Crippen LogP contribution in [0.3, 0.4) is 0 Å². The molecule has 17 heavy (non-hydrogen) atoms. The molecule has 1 unspecified atom stereocenters. The van der Waals surface area contributed by atoms with Gasteiger partial charge in [-0.25, -0.2) is 0 Å². The molecule has 94 valence electrons. The molecule has 1 heterocycles. The lowest BCUT2D eigenvalue weighted by atomic mass is 10.2. The van der Waals surface area contributed by atoms with Gasteiger partial charge in [-0.1, -0.05) is 6.92 Å². The maximum atomic E-state index is 11.8. The summed E-state index contributed by atoms with van der Waals surface area (Å²) in [4.78, 5) is 15.7. The molecule has 0 saturated heterocycles. The number of nitrogens with one attached hydrogen (secondary N) is 2. The first-order valence-electron chi connectivity index (χ1n) is 5.36. The van der Waals surface area contributed by atoms with Crippen molar-refractivity contribution in [3.05, 3.63) is 24.0 Å². The maximum Gasteiger partial charge on any atom is 0.255 e. The highest BCUT2D eigenvalue weighted by Gasteiger charge is 2.11. The van der Waals surface area contributed by atoms with Crippen LogP contribution in [0.15, 0.2) is 18.5 Å². The molecule has 0 aromatic carbocycles. The topological polar surface area (TPSA) is 89.3 Å². The van der Waals surface area contributed by atoms with Crippen molar-refractivity contribution in [3.8, 4) is 0 Å². The molecule has 1 rings (SSSR count). The summed E-state index contributed by atoms with van der Waals surface area (Å²) in [6.07, 6.45) is 3.05. The van der Waals surface area contributed by atoms with Gasteiger partial charge >= 0.3 is 0 Å². The Morgan fingerprint density at radius 1 is 1.65 bits per heavy atom. The first kappa shape index (κ1) is 13.4. The molecular formula is C11H18N4O2. The second-order valence-electron chi connectivity index (χ2n) is 3.84. The number of hydrazine groups is 1. The fourth-order valence-corrected chi connectivity index (χ4v) is 1.41. The number of amides is 1. The summed E-state index contributed by atoms with van der Waals surface area (Å²) in [7, 11) is 1.63. The molecule has 0 spiro atoms. The number of carbonyl (C=O) groups is 1. The molecule has 0 aliphatic carbocycles. The van der Waals surface area contributed by atoms with Crippen molar-refractivity contribution in [2.75, 3.05) is 25.7 Å². The number of methoxy groups -OCH3 is 1. The van der Waals surface area contributed by atoms with Gasteiger partial charge in [0.2, 0.25) is 0 Å². The van der Waals surface area contributed by atoms with Gasteiger partial charge in [0.25, 0.3) is 5.91 Å². The van der Waals surface area contributed by atoms with E-state index >= 15 is 0 Å². The van der Waals surface area contributed by atoms with Crippen molar-refractivity contribution in [2.45, 2.75) is 6.92 Å². The van der Waals surface area contributed by atoms with Crippen LogP contribution < -0.4 is 16.6 Å². The standard InChI is InChI=1S/C11H18N4O2/c1-8(7-17-2)5-14-11(16)9-6-13-4-3-10(9)15-12/h3-4,6,8H,5,7,12H2,1-2H3,(H,13,15)(H,14,16). The van der Waals surface area contributed by atoms with E-state index in [2.05, 4.69) is 15.7 Å². The van der Waals surface area contributed by atoms with Crippen LogP contribution in [0.2, 0.25) is 0 Å². The van der Waals surface area contributed by atoms with Gasteiger partial charge in [-0.2, -0.15) is 0 Å². The second kappa shape index (κ2) is 6.82. The zero-order valence-corrected chi connectivity index (χ0v) is 10.1. The summed E-state index contributed by atoms with van der Waals surface area (Å²) in [6.45, 7) is 3.15. The van der Waals surface area contributed by atoms with Crippen molar-refractivity contribution in [3.63, 3.8) is 0 Å². The fourth-order valence-electron chi connectivity index (χ4n) is 1.41. The lowest BCUT2D eigenvalue weighted by molar-refractivity contribution is 0.0934. The smallest absolute Gasteiger partial charge is 0.255 e. The number of carbonyl (C=O) groups excluding carboxylic acids is 1. The quantitative estimate of drug-likeness (QED) is 0.492. The molecule has 6 nitrogen and oxygen atoms in total. The van der Waals surface area contributed by atoms with E-state index in [9.17, 15) is 4.79 Å². The summed E-state index contributed by atoms with van der Waals surface area (Å²) in [6, 6.07) is 1.65. The van der Waals surface area contributed by atoms with Gasteiger partial charge < -0.3 is 15.5 Å². The van der Waals surface area contributed by atoms with Crippen molar-refractivity contribution in [2.24, 2.45) is 11.8 Å². The van der Waals surface area contributed by atoms with E-state index in [1.807, 2.05) is 6.92 Å². The monoisotopic (exact) mass is 238 g/mol. The lowest BCUT2D eigenvalue weighted by Crippen LogP contribution is -2.30. The summed E-state index contributed by atoms with van der Waals surface area (Å²) in [5.74, 6) is 5.37. The summed E-state index contributed by atoms with van der Waals surface area (Å²) in [5, 5.41) is 2.80. The van der Waals surface area contributed by atoms with E-state index in [1.165, 1.54) is 6.20 Å². The molecular weight excluding hydrogens is 220 g/mol. The van der Waals surface area contributed by atoms with Crippen LogP contribution in [0.5, 0.6) is 0 Å². The van der Waals surface area contributed by atoms with Crippen LogP contribution >= 0.6 is 0 Å². The summed E-state index contributed by atoms with van der Waals surface area (Å²) >= 11 is 0. The number of nitrogens with two attached hydrogens (primary N) is 1. The van der Waals surface area contributed by atoms with Gasteiger partial charge in [-0.15, -0.1) is 0 Å². The molecule has 0 saturated carbocycles. The Balaban J connectivity index is 2.58. The zero-order chi connectivity index (χ0) is 12.7. The number of aromatic nitrogens is 1. The summed E-state index contributed by atoms with van der Waals surface area (Å²) in [5.41, 5.74) is 3.45. The molecule has 0 bridgehead atoms. The minimum Gasteiger partial charge on any atom is -0.384 e. The molecule has 1 aromatic rings. The van der Waals surface area contributed by atoms with E-state index in [1.54, 1.807) is 19.4 Å². The van der Waals surface area contributed by atoms with Crippen molar-refractivity contribution in [1.29, 1.82) is 0 Å². The Hall–Kier alpha value is -1.66. The minimum absolute atomic E-state index is 0.200. The third-order valence-corrected chi connectivity index (χ3v) is 2.28. The molecule has 6 heteroatoms. The zero-order valence-electron chi connectivity index (χ0n) is 10.1. The minimum atomic E-state index is -0.200. The largest absolute Gasteiger partial charge is 0.384 e. The van der Waals surface area contributed by atoms with Gasteiger partial charge in [0.1, 0.15) is 0 Å². The van der Waals surface area contributed by atoms with E-state index < -0.39 is 0 Å². The van der Waals surface area contributed by atoms with E-state index in [0.717, 1.165) is 0 Å². The third-order valence-electron chi connectivity index (χ3n) is 2.28. The van der Waals surface area contributed by atoms with Crippen LogP contribution in [0.25, 0.3) is 0 Å². The number of rotatable bonds is 6. The highest BCUT2D eigenvalue weighted by atomic mass is 16.5. The Bertz CT molecular complexity index is 370. The van der Waals surface area contributed by atoms with Gasteiger partial charge in [0.05, 0.1) is 17.9 Å². The van der Waals surface area contributed by atoms with E-state index in [0.29, 0.717) is 24.4 Å². The van der Waals surface area contributed by atoms with Gasteiger partial charge in [-0.05, 0) is 12.0 Å². The second-order valence-corrected chi connectivity index (χ2v) is 3.84. The molecule has 1 atom stereocenters. The van der Waals surface area contributed by atoms with Crippen molar-refractivity contribution in [1.82, 2.24) is 10.3 Å². The summed E-state index contributed by atoms with van der Waals surface area (Å²) < 4.78 is 4.99.